The summed E-state index contributed by atoms with van der Waals surface area (Å²) in [5.41, 5.74) is 5.05. The fourth-order valence-corrected chi connectivity index (χ4v) is 0.522. The molecule has 0 saturated carbocycles. The first kappa shape index (κ1) is 6.10. The molecule has 0 radical (unpaired) electrons. The Hall–Kier alpha value is -1.03. The van der Waals surface area contributed by atoms with Crippen molar-refractivity contribution in [3.05, 3.63) is 18.6 Å². The Morgan fingerprint density at radius 3 is 3.00 bits per heavy atom. The average molecular weight is 143 g/mol. The molecular weight excluding hydrogens is 138 g/mol. The van der Waals surface area contributed by atoms with Gasteiger partial charge in [-0.3, -0.25) is 0 Å². The average Bonchev–Trinajstić information content (AvgIpc) is 2.15. The summed E-state index contributed by atoms with van der Waals surface area (Å²) < 4.78 is 9.44. The second-order valence-electron chi connectivity index (χ2n) is 1.38. The number of hydrogen-bond acceptors (Lipinski definition) is 3. The maximum atomic E-state index is 5.05. The largest absolute Gasteiger partial charge is 0.469 e. The molecule has 0 aliphatic heterocycles. The summed E-state index contributed by atoms with van der Waals surface area (Å²) in [5.74, 6) is 0.530. The third-order valence-corrected chi connectivity index (χ3v) is 0.797. The zero-order valence-electron chi connectivity index (χ0n) is 4.53. The molecule has 0 unspecified atom stereocenters. The lowest BCUT2D eigenvalue weighted by atomic mass is 10.6. The fourth-order valence-electron chi connectivity index (χ4n) is 0.426. The van der Waals surface area contributed by atoms with Crippen molar-refractivity contribution in [2.45, 2.75) is 0 Å². The van der Waals surface area contributed by atoms with Crippen LogP contribution in [0.2, 0.25) is 0 Å². The zero-order chi connectivity index (χ0) is 6.69. The normalized spacial score (nSPS) is 8.89. The summed E-state index contributed by atoms with van der Waals surface area (Å²) in [7, 11) is 0. The SMILES string of the molecule is NC(=S)Oc1ccoc1. The molecular formula is C5H5NO2S. The lowest BCUT2D eigenvalue weighted by Gasteiger charge is -1.94. The summed E-state index contributed by atoms with van der Waals surface area (Å²) in [6, 6.07) is 1.62. The summed E-state index contributed by atoms with van der Waals surface area (Å²) >= 11 is 4.46. The van der Waals surface area contributed by atoms with Gasteiger partial charge in [-0.2, -0.15) is 0 Å². The highest BCUT2D eigenvalue weighted by molar-refractivity contribution is 7.80. The van der Waals surface area contributed by atoms with E-state index in [0.29, 0.717) is 5.75 Å². The number of nitrogens with two attached hydrogens (primary N) is 1. The highest BCUT2D eigenvalue weighted by atomic mass is 32.1. The van der Waals surface area contributed by atoms with Gasteiger partial charge in [-0.25, -0.2) is 0 Å². The molecule has 3 nitrogen and oxygen atoms in total. The van der Waals surface area contributed by atoms with Gasteiger partial charge in [-0.1, -0.05) is 0 Å². The third kappa shape index (κ3) is 1.73. The first-order chi connectivity index (χ1) is 4.29. The van der Waals surface area contributed by atoms with E-state index in [9.17, 15) is 0 Å². The maximum Gasteiger partial charge on any atom is 0.259 e. The quantitative estimate of drug-likeness (QED) is 0.593. The Kier molecular flexibility index (Phi) is 1.69. The molecule has 0 aliphatic rings. The Morgan fingerprint density at radius 1 is 1.78 bits per heavy atom. The Bertz CT molecular complexity index is 195. The van der Waals surface area contributed by atoms with Gasteiger partial charge < -0.3 is 14.9 Å². The van der Waals surface area contributed by atoms with E-state index in [1.165, 1.54) is 12.5 Å². The number of ether oxygens (including phenoxy) is 1. The van der Waals surface area contributed by atoms with E-state index in [-0.39, 0.29) is 5.17 Å². The molecule has 0 saturated heterocycles. The molecule has 0 spiro atoms. The van der Waals surface area contributed by atoms with Crippen LogP contribution in [-0.4, -0.2) is 5.17 Å². The Balaban J connectivity index is 2.58. The topological polar surface area (TPSA) is 48.4 Å². The first-order valence-electron chi connectivity index (χ1n) is 2.28. The Labute approximate surface area is 57.4 Å². The molecule has 9 heavy (non-hydrogen) atoms. The zero-order valence-corrected chi connectivity index (χ0v) is 5.35. The van der Waals surface area contributed by atoms with E-state index in [1.807, 2.05) is 0 Å². The molecule has 1 heterocycles. The van der Waals surface area contributed by atoms with Crippen LogP contribution < -0.4 is 10.5 Å². The van der Waals surface area contributed by atoms with Crippen molar-refractivity contribution in [2.24, 2.45) is 5.73 Å². The molecule has 48 valence electrons. The smallest absolute Gasteiger partial charge is 0.259 e. The molecule has 4 heteroatoms. The summed E-state index contributed by atoms with van der Waals surface area (Å²) in [5, 5.41) is -0.00333. The van der Waals surface area contributed by atoms with Crippen LogP contribution in [0.15, 0.2) is 23.0 Å². The second kappa shape index (κ2) is 2.50. The number of rotatable bonds is 1. The van der Waals surface area contributed by atoms with Crippen molar-refractivity contribution in [3.63, 3.8) is 0 Å². The van der Waals surface area contributed by atoms with Crippen LogP contribution in [0.1, 0.15) is 0 Å². The molecule has 0 fully saturated rings. The predicted octanol–water partition coefficient (Wildman–Crippen LogP) is 0.902. The fraction of sp³-hybridized carbons (Fsp3) is 0. The molecule has 0 aromatic carbocycles. The third-order valence-electron chi connectivity index (χ3n) is 0.714. The van der Waals surface area contributed by atoms with E-state index >= 15 is 0 Å². The minimum atomic E-state index is -0.00333. The van der Waals surface area contributed by atoms with Gasteiger partial charge in [0.05, 0.1) is 6.26 Å². The van der Waals surface area contributed by atoms with Crippen LogP contribution in [0, 0.1) is 0 Å². The number of hydrogen-bond donors (Lipinski definition) is 1. The minimum Gasteiger partial charge on any atom is -0.469 e. The standard InChI is InChI=1S/C5H5NO2S/c6-5(9)8-4-1-2-7-3-4/h1-3H,(H2,6,9). The molecule has 1 aromatic heterocycles. The molecule has 0 bridgehead atoms. The van der Waals surface area contributed by atoms with Gasteiger partial charge in [0, 0.05) is 6.07 Å². The highest BCUT2D eigenvalue weighted by Crippen LogP contribution is 2.08. The lowest BCUT2D eigenvalue weighted by molar-refractivity contribution is 0.518. The second-order valence-corrected chi connectivity index (χ2v) is 1.78. The van der Waals surface area contributed by atoms with Crippen molar-refractivity contribution >= 4 is 17.4 Å². The van der Waals surface area contributed by atoms with Crippen molar-refractivity contribution in [1.82, 2.24) is 0 Å². The lowest BCUT2D eigenvalue weighted by Crippen LogP contribution is -2.15. The van der Waals surface area contributed by atoms with E-state index in [2.05, 4.69) is 16.6 Å². The van der Waals surface area contributed by atoms with Gasteiger partial charge in [-0.05, 0) is 12.2 Å². The van der Waals surface area contributed by atoms with Crippen LogP contribution >= 0.6 is 12.2 Å². The van der Waals surface area contributed by atoms with Crippen LogP contribution in [0.5, 0.6) is 5.75 Å². The van der Waals surface area contributed by atoms with E-state index in [0.717, 1.165) is 0 Å². The number of thiocarbonyl (C=S) groups is 1. The van der Waals surface area contributed by atoms with Crippen LogP contribution in [0.4, 0.5) is 0 Å². The van der Waals surface area contributed by atoms with Gasteiger partial charge in [0.25, 0.3) is 5.17 Å². The minimum absolute atomic E-state index is 0.00333. The summed E-state index contributed by atoms with van der Waals surface area (Å²) in [6.07, 6.45) is 2.90. The van der Waals surface area contributed by atoms with E-state index in [1.54, 1.807) is 6.07 Å². The van der Waals surface area contributed by atoms with E-state index < -0.39 is 0 Å². The molecule has 1 rings (SSSR count). The van der Waals surface area contributed by atoms with Crippen LogP contribution in [0.3, 0.4) is 0 Å². The molecule has 0 amide bonds. The first-order valence-corrected chi connectivity index (χ1v) is 2.69. The van der Waals surface area contributed by atoms with Gasteiger partial charge >= 0.3 is 0 Å². The molecule has 2 N–H and O–H groups in total. The highest BCUT2D eigenvalue weighted by Gasteiger charge is 1.93. The van der Waals surface area contributed by atoms with Gasteiger partial charge in [0.2, 0.25) is 0 Å². The molecule has 0 atom stereocenters. The number of furan rings is 1. The maximum absolute atomic E-state index is 5.05. The van der Waals surface area contributed by atoms with Crippen LogP contribution in [-0.2, 0) is 0 Å². The monoisotopic (exact) mass is 143 g/mol. The summed E-state index contributed by atoms with van der Waals surface area (Å²) in [4.78, 5) is 0. The van der Waals surface area contributed by atoms with Crippen molar-refractivity contribution in [2.75, 3.05) is 0 Å². The Morgan fingerprint density at radius 2 is 2.56 bits per heavy atom. The molecule has 0 aliphatic carbocycles. The van der Waals surface area contributed by atoms with Crippen molar-refractivity contribution in [3.8, 4) is 5.75 Å². The van der Waals surface area contributed by atoms with Crippen molar-refractivity contribution in [1.29, 1.82) is 0 Å². The van der Waals surface area contributed by atoms with Gasteiger partial charge in [0.15, 0.2) is 5.75 Å². The summed E-state index contributed by atoms with van der Waals surface area (Å²) in [6.45, 7) is 0. The van der Waals surface area contributed by atoms with Gasteiger partial charge in [-0.15, -0.1) is 0 Å². The van der Waals surface area contributed by atoms with Crippen molar-refractivity contribution < 1.29 is 9.15 Å². The predicted molar refractivity (Wildman–Crippen MR) is 36.1 cm³/mol. The molecule has 1 aromatic rings. The van der Waals surface area contributed by atoms with Gasteiger partial charge in [0.1, 0.15) is 6.26 Å². The van der Waals surface area contributed by atoms with Crippen LogP contribution in [0.25, 0.3) is 0 Å². The van der Waals surface area contributed by atoms with E-state index in [4.69, 9.17) is 10.5 Å².